The van der Waals surface area contributed by atoms with Gasteiger partial charge in [-0.3, -0.25) is 4.79 Å². The lowest BCUT2D eigenvalue weighted by atomic mass is 10.1. The van der Waals surface area contributed by atoms with E-state index < -0.39 is 0 Å². The number of carbonyl (C=O) groups excluding carboxylic acids is 1. The van der Waals surface area contributed by atoms with Crippen LogP contribution in [0.2, 0.25) is 0 Å². The van der Waals surface area contributed by atoms with Gasteiger partial charge in [-0.2, -0.15) is 0 Å². The summed E-state index contributed by atoms with van der Waals surface area (Å²) in [5.74, 6) is 0.853. The molecule has 2 atom stereocenters. The molecule has 1 fully saturated rings. The van der Waals surface area contributed by atoms with E-state index in [1.54, 1.807) is 0 Å². The molecule has 2 N–H and O–H groups in total. The van der Waals surface area contributed by atoms with Crippen LogP contribution >= 0.6 is 0 Å². The van der Waals surface area contributed by atoms with Gasteiger partial charge in [0.1, 0.15) is 0 Å². The summed E-state index contributed by atoms with van der Waals surface area (Å²) in [4.78, 5) is 11.4. The van der Waals surface area contributed by atoms with Crippen LogP contribution in [0.25, 0.3) is 0 Å². The van der Waals surface area contributed by atoms with Crippen LogP contribution < -0.4 is 10.6 Å². The van der Waals surface area contributed by atoms with Crippen LogP contribution in [0, 0.1) is 5.92 Å². The van der Waals surface area contributed by atoms with E-state index in [1.807, 2.05) is 7.05 Å². The Bertz CT molecular complexity index is 170. The Morgan fingerprint density at radius 3 is 2.77 bits per heavy atom. The first-order valence-corrected chi connectivity index (χ1v) is 5.18. The van der Waals surface area contributed by atoms with Gasteiger partial charge in [-0.25, -0.2) is 0 Å². The maximum atomic E-state index is 11.4. The maximum Gasteiger partial charge on any atom is 0.221 e. The van der Waals surface area contributed by atoms with Crippen LogP contribution in [0.1, 0.15) is 32.6 Å². The summed E-state index contributed by atoms with van der Waals surface area (Å²) in [5.41, 5.74) is 0. The van der Waals surface area contributed by atoms with Crippen molar-refractivity contribution in [3.05, 3.63) is 0 Å². The molecule has 0 heterocycles. The highest BCUT2D eigenvalue weighted by molar-refractivity contribution is 5.76. The summed E-state index contributed by atoms with van der Waals surface area (Å²) in [7, 11) is 1.87. The Hall–Kier alpha value is -0.570. The minimum Gasteiger partial charge on any atom is -0.353 e. The minimum absolute atomic E-state index is 0.188. The molecule has 0 aromatic carbocycles. The molecule has 1 aliphatic rings. The first-order chi connectivity index (χ1) is 6.24. The van der Waals surface area contributed by atoms with Crippen molar-refractivity contribution >= 4 is 5.91 Å². The van der Waals surface area contributed by atoms with Crippen LogP contribution in [0.5, 0.6) is 0 Å². The third kappa shape index (κ3) is 3.35. The van der Waals surface area contributed by atoms with Gasteiger partial charge < -0.3 is 10.6 Å². The van der Waals surface area contributed by atoms with E-state index in [1.165, 1.54) is 12.8 Å². The Morgan fingerprint density at radius 2 is 2.23 bits per heavy atom. The lowest BCUT2D eigenvalue weighted by Gasteiger charge is -2.16. The van der Waals surface area contributed by atoms with Crippen LogP contribution in [0.15, 0.2) is 0 Å². The van der Waals surface area contributed by atoms with Gasteiger partial charge in [-0.05, 0) is 25.8 Å². The smallest absolute Gasteiger partial charge is 0.221 e. The number of amides is 1. The molecule has 0 bridgehead atoms. The van der Waals surface area contributed by atoms with Gasteiger partial charge in [0.2, 0.25) is 5.91 Å². The van der Waals surface area contributed by atoms with E-state index in [0.717, 1.165) is 13.0 Å². The molecule has 13 heavy (non-hydrogen) atoms. The topological polar surface area (TPSA) is 41.1 Å². The zero-order valence-corrected chi connectivity index (χ0v) is 8.60. The Morgan fingerprint density at radius 1 is 1.46 bits per heavy atom. The molecule has 1 rings (SSSR count). The van der Waals surface area contributed by atoms with E-state index in [0.29, 0.717) is 18.4 Å². The summed E-state index contributed by atoms with van der Waals surface area (Å²) in [6.07, 6.45) is 4.28. The second-order valence-corrected chi connectivity index (χ2v) is 3.94. The second kappa shape index (κ2) is 5.22. The fourth-order valence-electron chi connectivity index (χ4n) is 1.88. The van der Waals surface area contributed by atoms with Crippen molar-refractivity contribution in [2.45, 2.75) is 38.6 Å². The van der Waals surface area contributed by atoms with Gasteiger partial charge in [-0.15, -0.1) is 0 Å². The SMILES string of the molecule is CNCCC(=O)NC1CCCC1C. The highest BCUT2D eigenvalue weighted by atomic mass is 16.1. The van der Waals surface area contributed by atoms with E-state index in [4.69, 9.17) is 0 Å². The summed E-state index contributed by atoms with van der Waals surface area (Å²) in [5, 5.41) is 6.06. The number of rotatable bonds is 4. The van der Waals surface area contributed by atoms with Crippen molar-refractivity contribution in [1.82, 2.24) is 10.6 Å². The van der Waals surface area contributed by atoms with E-state index >= 15 is 0 Å². The monoisotopic (exact) mass is 184 g/mol. The number of carbonyl (C=O) groups is 1. The maximum absolute atomic E-state index is 11.4. The van der Waals surface area contributed by atoms with Crippen LogP contribution in [0.4, 0.5) is 0 Å². The normalized spacial score (nSPS) is 27.5. The predicted molar refractivity (Wildman–Crippen MR) is 53.5 cm³/mol. The van der Waals surface area contributed by atoms with Crippen molar-refractivity contribution in [3.63, 3.8) is 0 Å². The van der Waals surface area contributed by atoms with Crippen molar-refractivity contribution in [1.29, 1.82) is 0 Å². The molecule has 0 radical (unpaired) electrons. The molecule has 76 valence electrons. The standard InChI is InChI=1S/C10H20N2O/c1-8-4-3-5-9(8)12-10(13)6-7-11-2/h8-9,11H,3-7H2,1-2H3,(H,12,13). The van der Waals surface area contributed by atoms with Gasteiger partial charge in [0, 0.05) is 19.0 Å². The Balaban J connectivity index is 2.19. The minimum atomic E-state index is 0.188. The van der Waals surface area contributed by atoms with Crippen LogP contribution in [0.3, 0.4) is 0 Å². The molecule has 0 aromatic rings. The third-order valence-corrected chi connectivity index (χ3v) is 2.81. The molecule has 3 nitrogen and oxygen atoms in total. The van der Waals surface area contributed by atoms with Gasteiger partial charge in [0.25, 0.3) is 0 Å². The average molecular weight is 184 g/mol. The molecule has 1 saturated carbocycles. The van der Waals surface area contributed by atoms with E-state index in [2.05, 4.69) is 17.6 Å². The van der Waals surface area contributed by atoms with Gasteiger partial charge in [0.05, 0.1) is 0 Å². The zero-order chi connectivity index (χ0) is 9.68. The average Bonchev–Trinajstić information content (AvgIpc) is 2.48. The molecular weight excluding hydrogens is 164 g/mol. The number of nitrogens with one attached hydrogen (secondary N) is 2. The molecule has 3 heteroatoms. The van der Waals surface area contributed by atoms with Gasteiger partial charge >= 0.3 is 0 Å². The predicted octanol–water partition coefficient (Wildman–Crippen LogP) is 0.901. The largest absolute Gasteiger partial charge is 0.353 e. The fraction of sp³-hybridized carbons (Fsp3) is 0.900. The Kier molecular flexibility index (Phi) is 4.22. The molecule has 0 aromatic heterocycles. The van der Waals surface area contributed by atoms with Gasteiger partial charge in [-0.1, -0.05) is 13.3 Å². The summed E-state index contributed by atoms with van der Waals surface area (Å²) in [6, 6.07) is 0.435. The highest BCUT2D eigenvalue weighted by Crippen LogP contribution is 2.24. The van der Waals surface area contributed by atoms with Gasteiger partial charge in [0.15, 0.2) is 0 Å². The number of hydrogen-bond donors (Lipinski definition) is 2. The molecular formula is C10H20N2O. The van der Waals surface area contributed by atoms with Crippen LogP contribution in [-0.4, -0.2) is 25.5 Å². The van der Waals surface area contributed by atoms with E-state index in [-0.39, 0.29) is 5.91 Å². The molecule has 0 aliphatic heterocycles. The molecule has 2 unspecified atom stereocenters. The Labute approximate surface area is 80.3 Å². The van der Waals surface area contributed by atoms with Crippen molar-refractivity contribution in [2.75, 3.05) is 13.6 Å². The quantitative estimate of drug-likeness (QED) is 0.681. The first kappa shape index (κ1) is 10.5. The van der Waals surface area contributed by atoms with Crippen molar-refractivity contribution in [2.24, 2.45) is 5.92 Å². The summed E-state index contributed by atoms with van der Waals surface area (Å²) >= 11 is 0. The molecule has 0 saturated heterocycles. The lowest BCUT2D eigenvalue weighted by Crippen LogP contribution is -2.37. The van der Waals surface area contributed by atoms with Crippen molar-refractivity contribution < 1.29 is 4.79 Å². The third-order valence-electron chi connectivity index (χ3n) is 2.81. The highest BCUT2D eigenvalue weighted by Gasteiger charge is 2.24. The van der Waals surface area contributed by atoms with Crippen molar-refractivity contribution in [3.8, 4) is 0 Å². The summed E-state index contributed by atoms with van der Waals surface area (Å²) < 4.78 is 0. The number of hydrogen-bond acceptors (Lipinski definition) is 2. The summed E-state index contributed by atoms with van der Waals surface area (Å²) in [6.45, 7) is 2.99. The van der Waals surface area contributed by atoms with E-state index in [9.17, 15) is 4.79 Å². The fourth-order valence-corrected chi connectivity index (χ4v) is 1.88. The molecule has 0 spiro atoms. The first-order valence-electron chi connectivity index (χ1n) is 5.18. The lowest BCUT2D eigenvalue weighted by molar-refractivity contribution is -0.121. The van der Waals surface area contributed by atoms with Crippen LogP contribution in [-0.2, 0) is 4.79 Å². The molecule has 1 amide bonds. The second-order valence-electron chi connectivity index (χ2n) is 3.94. The zero-order valence-electron chi connectivity index (χ0n) is 8.60. The molecule has 1 aliphatic carbocycles.